The third-order valence-corrected chi connectivity index (χ3v) is 2.37. The summed E-state index contributed by atoms with van der Waals surface area (Å²) in [5.41, 5.74) is 0. The van der Waals surface area contributed by atoms with Gasteiger partial charge in [-0.15, -0.1) is 0 Å². The Morgan fingerprint density at radius 1 is 1.00 bits per heavy atom. The van der Waals surface area contributed by atoms with E-state index in [0.717, 1.165) is 13.0 Å². The summed E-state index contributed by atoms with van der Waals surface area (Å²) in [5, 5.41) is 3.46. The van der Waals surface area contributed by atoms with Crippen LogP contribution in [-0.4, -0.2) is 38.0 Å². The van der Waals surface area contributed by atoms with Crippen molar-refractivity contribution in [1.29, 1.82) is 0 Å². The average Bonchev–Trinajstić information content (AvgIpc) is 2.21. The molecule has 0 saturated carbocycles. The summed E-state index contributed by atoms with van der Waals surface area (Å²) < 4.78 is 11.1. The Balaban J connectivity index is 3.39. The van der Waals surface area contributed by atoms with E-state index in [-0.39, 0.29) is 0 Å². The van der Waals surface area contributed by atoms with Crippen LogP contribution >= 0.6 is 0 Å². The molecule has 0 aliphatic rings. The van der Waals surface area contributed by atoms with Crippen molar-refractivity contribution in [1.82, 2.24) is 5.32 Å². The van der Waals surface area contributed by atoms with Gasteiger partial charge in [0, 0.05) is 6.04 Å². The Labute approximate surface area is 101 Å². The van der Waals surface area contributed by atoms with E-state index >= 15 is 0 Å². The van der Waals surface area contributed by atoms with Gasteiger partial charge >= 0.3 is 0 Å². The van der Waals surface area contributed by atoms with Gasteiger partial charge < -0.3 is 14.8 Å². The van der Waals surface area contributed by atoms with Crippen molar-refractivity contribution < 1.29 is 9.47 Å². The molecule has 98 valence electrons. The van der Waals surface area contributed by atoms with Gasteiger partial charge in [-0.05, 0) is 47.1 Å². The number of nitrogens with one attached hydrogen (secondary N) is 1. The molecule has 0 amide bonds. The first-order chi connectivity index (χ1) is 7.56. The predicted molar refractivity (Wildman–Crippen MR) is 68.9 cm³/mol. The lowest BCUT2D eigenvalue weighted by Crippen LogP contribution is -2.31. The molecule has 0 aromatic heterocycles. The monoisotopic (exact) mass is 231 g/mol. The van der Waals surface area contributed by atoms with Crippen LogP contribution in [0.15, 0.2) is 0 Å². The van der Waals surface area contributed by atoms with E-state index in [0.29, 0.717) is 31.5 Å². The Morgan fingerprint density at radius 2 is 1.62 bits per heavy atom. The summed E-state index contributed by atoms with van der Waals surface area (Å²) in [7, 11) is 0. The summed E-state index contributed by atoms with van der Waals surface area (Å²) in [5.74, 6) is 0. The normalized spacial score (nSPS) is 15.4. The molecule has 0 radical (unpaired) electrons. The molecular weight excluding hydrogens is 202 g/mol. The molecule has 0 fully saturated rings. The van der Waals surface area contributed by atoms with Gasteiger partial charge in [-0.3, -0.25) is 0 Å². The maximum atomic E-state index is 5.68. The molecule has 0 aromatic rings. The van der Waals surface area contributed by atoms with Crippen LogP contribution in [-0.2, 0) is 9.47 Å². The molecule has 3 heteroatoms. The molecule has 0 rings (SSSR count). The zero-order chi connectivity index (χ0) is 12.4. The van der Waals surface area contributed by atoms with Crippen LogP contribution in [0.5, 0.6) is 0 Å². The van der Waals surface area contributed by atoms with Gasteiger partial charge in [0.15, 0.2) is 0 Å². The number of rotatable bonds is 10. The summed E-state index contributed by atoms with van der Waals surface area (Å²) in [6.07, 6.45) is 2.84. The van der Waals surface area contributed by atoms with Crippen molar-refractivity contribution in [3.63, 3.8) is 0 Å². The quantitative estimate of drug-likeness (QED) is 0.586. The average molecular weight is 231 g/mol. The van der Waals surface area contributed by atoms with E-state index in [9.17, 15) is 0 Å². The van der Waals surface area contributed by atoms with Crippen LogP contribution in [0.2, 0.25) is 0 Å². The standard InChI is InChI=1S/C13H29NO2/c1-6-7-14-12(4)10-13(5)16-9-8-15-11(2)3/h11-14H,6-10H2,1-5H3. The second-order valence-electron chi connectivity index (χ2n) is 4.69. The van der Waals surface area contributed by atoms with Gasteiger partial charge in [-0.2, -0.15) is 0 Å². The smallest absolute Gasteiger partial charge is 0.0704 e. The van der Waals surface area contributed by atoms with E-state index in [1.165, 1.54) is 6.42 Å². The van der Waals surface area contributed by atoms with Crippen LogP contribution in [0, 0.1) is 0 Å². The maximum Gasteiger partial charge on any atom is 0.0704 e. The Morgan fingerprint density at radius 3 is 2.19 bits per heavy atom. The molecule has 0 aliphatic heterocycles. The third kappa shape index (κ3) is 10.4. The van der Waals surface area contributed by atoms with Gasteiger partial charge in [0.25, 0.3) is 0 Å². The minimum Gasteiger partial charge on any atom is -0.376 e. The molecular formula is C13H29NO2. The van der Waals surface area contributed by atoms with Crippen molar-refractivity contribution >= 4 is 0 Å². The molecule has 2 unspecified atom stereocenters. The van der Waals surface area contributed by atoms with Crippen LogP contribution < -0.4 is 5.32 Å². The Hall–Kier alpha value is -0.120. The number of ether oxygens (including phenoxy) is 2. The lowest BCUT2D eigenvalue weighted by Gasteiger charge is -2.19. The molecule has 2 atom stereocenters. The minimum absolute atomic E-state index is 0.295. The van der Waals surface area contributed by atoms with Gasteiger partial charge in [0.2, 0.25) is 0 Å². The van der Waals surface area contributed by atoms with Crippen molar-refractivity contribution in [2.75, 3.05) is 19.8 Å². The minimum atomic E-state index is 0.295. The van der Waals surface area contributed by atoms with Gasteiger partial charge in [0.1, 0.15) is 0 Å². The van der Waals surface area contributed by atoms with Crippen molar-refractivity contribution in [3.05, 3.63) is 0 Å². The van der Waals surface area contributed by atoms with Crippen molar-refractivity contribution in [3.8, 4) is 0 Å². The summed E-state index contributed by atoms with van der Waals surface area (Å²) >= 11 is 0. The fourth-order valence-corrected chi connectivity index (χ4v) is 1.57. The molecule has 1 N–H and O–H groups in total. The first kappa shape index (κ1) is 15.9. The SMILES string of the molecule is CCCNC(C)CC(C)OCCOC(C)C. The van der Waals surface area contributed by atoms with Crippen LogP contribution in [0.25, 0.3) is 0 Å². The zero-order valence-electron chi connectivity index (χ0n) is 11.6. The van der Waals surface area contributed by atoms with Crippen LogP contribution in [0.4, 0.5) is 0 Å². The Kier molecular flexibility index (Phi) is 9.99. The topological polar surface area (TPSA) is 30.5 Å². The predicted octanol–water partition coefficient (Wildman–Crippen LogP) is 2.59. The molecule has 0 spiro atoms. The molecule has 0 heterocycles. The van der Waals surface area contributed by atoms with E-state index in [1.807, 2.05) is 13.8 Å². The van der Waals surface area contributed by atoms with E-state index < -0.39 is 0 Å². The second-order valence-corrected chi connectivity index (χ2v) is 4.69. The van der Waals surface area contributed by atoms with Crippen molar-refractivity contribution in [2.24, 2.45) is 0 Å². The number of hydrogen-bond donors (Lipinski definition) is 1. The molecule has 0 aromatic carbocycles. The molecule has 0 bridgehead atoms. The summed E-state index contributed by atoms with van der Waals surface area (Å²) in [6.45, 7) is 13.1. The second kappa shape index (κ2) is 10.1. The lowest BCUT2D eigenvalue weighted by atomic mass is 10.1. The zero-order valence-corrected chi connectivity index (χ0v) is 11.6. The fraction of sp³-hybridized carbons (Fsp3) is 1.00. The largest absolute Gasteiger partial charge is 0.376 e. The van der Waals surface area contributed by atoms with E-state index in [2.05, 4.69) is 26.1 Å². The van der Waals surface area contributed by atoms with Crippen LogP contribution in [0.1, 0.15) is 47.5 Å². The Bertz CT molecular complexity index is 151. The molecule has 0 saturated heterocycles. The van der Waals surface area contributed by atoms with Crippen LogP contribution in [0.3, 0.4) is 0 Å². The van der Waals surface area contributed by atoms with Gasteiger partial charge in [0.05, 0.1) is 25.4 Å². The molecule has 3 nitrogen and oxygen atoms in total. The highest BCUT2D eigenvalue weighted by Gasteiger charge is 2.08. The highest BCUT2D eigenvalue weighted by atomic mass is 16.5. The third-order valence-electron chi connectivity index (χ3n) is 2.37. The lowest BCUT2D eigenvalue weighted by molar-refractivity contribution is -0.0112. The first-order valence-corrected chi connectivity index (χ1v) is 6.52. The maximum absolute atomic E-state index is 5.68. The van der Waals surface area contributed by atoms with Gasteiger partial charge in [-0.25, -0.2) is 0 Å². The fourth-order valence-electron chi connectivity index (χ4n) is 1.57. The van der Waals surface area contributed by atoms with Gasteiger partial charge in [-0.1, -0.05) is 6.92 Å². The van der Waals surface area contributed by atoms with Crippen molar-refractivity contribution in [2.45, 2.75) is 65.7 Å². The highest BCUT2D eigenvalue weighted by molar-refractivity contribution is 4.64. The highest BCUT2D eigenvalue weighted by Crippen LogP contribution is 2.02. The summed E-state index contributed by atoms with van der Waals surface area (Å²) in [6, 6.07) is 0.529. The number of hydrogen-bond acceptors (Lipinski definition) is 3. The summed E-state index contributed by atoms with van der Waals surface area (Å²) in [4.78, 5) is 0. The first-order valence-electron chi connectivity index (χ1n) is 6.52. The molecule has 16 heavy (non-hydrogen) atoms. The van der Waals surface area contributed by atoms with E-state index in [1.54, 1.807) is 0 Å². The molecule has 0 aliphatic carbocycles. The van der Waals surface area contributed by atoms with E-state index in [4.69, 9.17) is 9.47 Å².